The molecule has 3 fully saturated rings. The normalized spacial score (nSPS) is 28.3. The van der Waals surface area contributed by atoms with Gasteiger partial charge in [-0.15, -0.1) is 0 Å². The predicted octanol–water partition coefficient (Wildman–Crippen LogP) is 3.30. The van der Waals surface area contributed by atoms with Crippen LogP contribution in [0.4, 0.5) is 0 Å². The van der Waals surface area contributed by atoms with Crippen LogP contribution in [0.3, 0.4) is 0 Å². The molecule has 4 rings (SSSR count). The first kappa shape index (κ1) is 18.0. The average molecular weight is 359 g/mol. The number of aromatic nitrogens is 2. The van der Waals surface area contributed by atoms with E-state index >= 15 is 0 Å². The van der Waals surface area contributed by atoms with Crippen LogP contribution in [-0.2, 0) is 17.9 Å². The first-order valence-electron chi connectivity index (χ1n) is 10.7. The van der Waals surface area contributed by atoms with Gasteiger partial charge in [0.05, 0.1) is 12.0 Å². The van der Waals surface area contributed by atoms with Crippen LogP contribution in [0.1, 0.15) is 64.1 Å². The molecule has 0 radical (unpaired) electrons. The maximum atomic E-state index is 13.4. The molecule has 0 N–H and O–H groups in total. The lowest BCUT2D eigenvalue weighted by atomic mass is 9.77. The molecule has 0 aromatic carbocycles. The second-order valence-electron chi connectivity index (χ2n) is 8.73. The maximum Gasteiger partial charge on any atom is 0.230 e. The fraction of sp³-hybridized carbons (Fsp3) is 0.810. The van der Waals surface area contributed by atoms with Crippen molar-refractivity contribution in [3.63, 3.8) is 0 Å². The summed E-state index contributed by atoms with van der Waals surface area (Å²) >= 11 is 0. The van der Waals surface area contributed by atoms with E-state index in [1.807, 2.05) is 6.20 Å². The maximum absolute atomic E-state index is 13.4. The number of carbonyl (C=O) groups excluding carboxylic acids is 1. The molecule has 0 bridgehead atoms. The molecule has 1 atom stereocenters. The summed E-state index contributed by atoms with van der Waals surface area (Å²) in [5, 5.41) is 0. The van der Waals surface area contributed by atoms with Gasteiger partial charge in [-0.25, -0.2) is 4.98 Å². The molecule has 1 aliphatic carbocycles. The van der Waals surface area contributed by atoms with Crippen LogP contribution in [0, 0.1) is 11.3 Å². The van der Waals surface area contributed by atoms with E-state index in [-0.39, 0.29) is 5.41 Å². The van der Waals surface area contributed by atoms with Gasteiger partial charge in [0.2, 0.25) is 5.91 Å². The van der Waals surface area contributed by atoms with E-state index < -0.39 is 0 Å². The standard InChI is InChI=1S/C21H34N4O/c1-2-24-14-11-22-19(24)16-23-13-10-21(17-23)9-6-12-25(20(21)26)15-18-7-4-3-5-8-18/h11,14,18H,2-10,12-13,15-17H2,1H3/t21-/m1/s1. The van der Waals surface area contributed by atoms with Gasteiger partial charge in [-0.1, -0.05) is 19.3 Å². The smallest absolute Gasteiger partial charge is 0.230 e. The van der Waals surface area contributed by atoms with Crippen LogP contribution in [0.2, 0.25) is 0 Å². The highest BCUT2D eigenvalue weighted by Crippen LogP contribution is 2.41. The molecule has 2 saturated heterocycles. The highest BCUT2D eigenvalue weighted by Gasteiger charge is 2.48. The summed E-state index contributed by atoms with van der Waals surface area (Å²) in [6.45, 7) is 7.94. The summed E-state index contributed by atoms with van der Waals surface area (Å²) < 4.78 is 2.21. The Morgan fingerprint density at radius 2 is 2.00 bits per heavy atom. The van der Waals surface area contributed by atoms with Gasteiger partial charge in [-0.3, -0.25) is 9.69 Å². The van der Waals surface area contributed by atoms with Gasteiger partial charge in [-0.2, -0.15) is 0 Å². The van der Waals surface area contributed by atoms with Crippen molar-refractivity contribution in [2.24, 2.45) is 11.3 Å². The topological polar surface area (TPSA) is 41.4 Å². The Kier molecular flexibility index (Phi) is 5.35. The molecule has 144 valence electrons. The van der Waals surface area contributed by atoms with E-state index in [1.165, 1.54) is 38.5 Å². The van der Waals surface area contributed by atoms with E-state index in [4.69, 9.17) is 0 Å². The monoisotopic (exact) mass is 358 g/mol. The van der Waals surface area contributed by atoms with Crippen molar-refractivity contribution in [3.05, 3.63) is 18.2 Å². The summed E-state index contributed by atoms with van der Waals surface area (Å²) in [4.78, 5) is 22.6. The molecule has 3 aliphatic rings. The Bertz CT molecular complexity index is 621. The van der Waals surface area contributed by atoms with Gasteiger partial charge in [-0.05, 0) is 51.5 Å². The van der Waals surface area contributed by atoms with Gasteiger partial charge in [0.25, 0.3) is 0 Å². The molecule has 1 aromatic heterocycles. The number of piperidine rings is 1. The van der Waals surface area contributed by atoms with Gasteiger partial charge in [0.1, 0.15) is 5.82 Å². The second kappa shape index (κ2) is 7.71. The molecule has 1 saturated carbocycles. The van der Waals surface area contributed by atoms with Gasteiger partial charge < -0.3 is 9.47 Å². The first-order valence-corrected chi connectivity index (χ1v) is 10.7. The zero-order valence-corrected chi connectivity index (χ0v) is 16.3. The van der Waals surface area contributed by atoms with E-state index in [9.17, 15) is 4.79 Å². The summed E-state index contributed by atoms with van der Waals surface area (Å²) in [7, 11) is 0. The number of likely N-dealkylation sites (tertiary alicyclic amines) is 2. The fourth-order valence-electron chi connectivity index (χ4n) is 5.46. The lowest BCUT2D eigenvalue weighted by Gasteiger charge is -2.41. The molecule has 3 heterocycles. The third-order valence-electron chi connectivity index (χ3n) is 6.97. The van der Waals surface area contributed by atoms with Crippen molar-refractivity contribution in [2.75, 3.05) is 26.2 Å². The number of imidazole rings is 1. The third kappa shape index (κ3) is 3.55. The number of carbonyl (C=O) groups is 1. The Labute approximate surface area is 157 Å². The first-order chi connectivity index (χ1) is 12.7. The quantitative estimate of drug-likeness (QED) is 0.811. The molecule has 1 amide bonds. The van der Waals surface area contributed by atoms with Crippen molar-refractivity contribution in [2.45, 2.75) is 71.4 Å². The summed E-state index contributed by atoms with van der Waals surface area (Å²) in [6.07, 6.45) is 14.0. The minimum absolute atomic E-state index is 0.115. The number of hydrogen-bond donors (Lipinski definition) is 0. The molecule has 5 heteroatoms. The SMILES string of the molecule is CCn1ccnc1CN1CC[C@]2(CCCN(CC3CCCCC3)C2=O)C1. The lowest BCUT2D eigenvalue weighted by molar-refractivity contribution is -0.146. The third-order valence-corrected chi connectivity index (χ3v) is 6.97. The Morgan fingerprint density at radius 1 is 1.15 bits per heavy atom. The highest BCUT2D eigenvalue weighted by atomic mass is 16.2. The van der Waals surface area contributed by atoms with Gasteiger partial charge >= 0.3 is 0 Å². The van der Waals surface area contributed by atoms with Crippen LogP contribution in [0.25, 0.3) is 0 Å². The van der Waals surface area contributed by atoms with E-state index in [0.717, 1.165) is 63.9 Å². The molecular weight excluding hydrogens is 324 g/mol. The zero-order valence-electron chi connectivity index (χ0n) is 16.3. The number of rotatable bonds is 5. The van der Waals surface area contributed by atoms with E-state index in [1.54, 1.807) is 0 Å². The van der Waals surface area contributed by atoms with Crippen LogP contribution >= 0.6 is 0 Å². The Morgan fingerprint density at radius 3 is 2.81 bits per heavy atom. The summed E-state index contributed by atoms with van der Waals surface area (Å²) in [6, 6.07) is 0. The summed E-state index contributed by atoms with van der Waals surface area (Å²) in [5.74, 6) is 2.33. The lowest BCUT2D eigenvalue weighted by Crippen LogP contribution is -2.51. The Balaban J connectivity index is 1.39. The van der Waals surface area contributed by atoms with Crippen molar-refractivity contribution < 1.29 is 4.79 Å². The number of amides is 1. The van der Waals surface area contributed by atoms with Crippen LogP contribution in [-0.4, -0.2) is 51.4 Å². The van der Waals surface area contributed by atoms with E-state index in [0.29, 0.717) is 5.91 Å². The van der Waals surface area contributed by atoms with Crippen molar-refractivity contribution in [1.29, 1.82) is 0 Å². The van der Waals surface area contributed by atoms with Crippen LogP contribution in [0.5, 0.6) is 0 Å². The van der Waals surface area contributed by atoms with E-state index in [2.05, 4.69) is 32.5 Å². The number of hydrogen-bond acceptors (Lipinski definition) is 3. The molecular formula is C21H34N4O. The van der Waals surface area contributed by atoms with Crippen molar-refractivity contribution in [3.8, 4) is 0 Å². The average Bonchev–Trinajstić information content (AvgIpc) is 3.28. The number of aryl methyl sites for hydroxylation is 1. The fourth-order valence-corrected chi connectivity index (χ4v) is 5.46. The molecule has 5 nitrogen and oxygen atoms in total. The molecule has 0 unspecified atom stereocenters. The van der Waals surface area contributed by atoms with Crippen LogP contribution < -0.4 is 0 Å². The highest BCUT2D eigenvalue weighted by molar-refractivity contribution is 5.84. The Hall–Kier alpha value is -1.36. The number of nitrogens with zero attached hydrogens (tertiary/aromatic N) is 4. The largest absolute Gasteiger partial charge is 0.342 e. The van der Waals surface area contributed by atoms with Crippen LogP contribution in [0.15, 0.2) is 12.4 Å². The van der Waals surface area contributed by atoms with Crippen molar-refractivity contribution in [1.82, 2.24) is 19.4 Å². The molecule has 1 aromatic rings. The van der Waals surface area contributed by atoms with Gasteiger partial charge in [0, 0.05) is 38.6 Å². The second-order valence-corrected chi connectivity index (χ2v) is 8.73. The van der Waals surface area contributed by atoms with Gasteiger partial charge in [0.15, 0.2) is 0 Å². The minimum Gasteiger partial charge on any atom is -0.342 e. The molecule has 1 spiro atoms. The minimum atomic E-state index is -0.115. The molecule has 2 aliphatic heterocycles. The predicted molar refractivity (Wildman–Crippen MR) is 103 cm³/mol. The zero-order chi connectivity index (χ0) is 18.0. The summed E-state index contributed by atoms with van der Waals surface area (Å²) in [5.41, 5.74) is -0.115. The molecule has 26 heavy (non-hydrogen) atoms. The van der Waals surface area contributed by atoms with Crippen molar-refractivity contribution >= 4 is 5.91 Å².